The molecule has 1 aliphatic carbocycles. The summed E-state index contributed by atoms with van der Waals surface area (Å²) in [5.41, 5.74) is 2.48. The molecule has 4 rings (SSSR count). The molecule has 0 radical (unpaired) electrons. The van der Waals surface area contributed by atoms with Crippen molar-refractivity contribution in [2.24, 2.45) is 5.92 Å². The lowest BCUT2D eigenvalue weighted by atomic mass is 10.1. The number of hydrogen-bond donors (Lipinski definition) is 3. The van der Waals surface area contributed by atoms with E-state index in [1.807, 2.05) is 0 Å². The Bertz CT molecular complexity index is 1170. The van der Waals surface area contributed by atoms with Gasteiger partial charge in [-0.25, -0.2) is 9.18 Å². The fraction of sp³-hybridized carbons (Fsp3) is 0.292. The smallest absolute Gasteiger partial charge is 0.342 e. The van der Waals surface area contributed by atoms with Gasteiger partial charge >= 0.3 is 6.03 Å². The molecule has 0 atom stereocenters. The van der Waals surface area contributed by atoms with E-state index in [9.17, 15) is 19.1 Å². The van der Waals surface area contributed by atoms with Gasteiger partial charge in [0, 0.05) is 35.2 Å². The maximum Gasteiger partial charge on any atom is 0.342 e. The summed E-state index contributed by atoms with van der Waals surface area (Å²) in [6.45, 7) is 3.62. The Morgan fingerprint density at radius 3 is 2.62 bits per heavy atom. The molecule has 2 amide bonds. The number of hydrogen-bond acceptors (Lipinski definition) is 4. The predicted molar refractivity (Wildman–Crippen MR) is 119 cm³/mol. The van der Waals surface area contributed by atoms with Crippen LogP contribution in [-0.2, 0) is 11.3 Å². The molecule has 0 unspecified atom stereocenters. The molecule has 8 heteroatoms. The zero-order chi connectivity index (χ0) is 22.8. The molecule has 1 fully saturated rings. The minimum Gasteiger partial charge on any atom is -0.507 e. The van der Waals surface area contributed by atoms with Gasteiger partial charge < -0.3 is 15.7 Å². The van der Waals surface area contributed by atoms with Crippen LogP contribution in [0, 0.1) is 11.7 Å². The van der Waals surface area contributed by atoms with Gasteiger partial charge in [-0.2, -0.15) is 9.78 Å². The fourth-order valence-corrected chi connectivity index (χ4v) is 3.35. The second-order valence-electron chi connectivity index (χ2n) is 8.27. The number of nitrogens with one attached hydrogen (secondary N) is 2. The zero-order valence-corrected chi connectivity index (χ0v) is 17.9. The van der Waals surface area contributed by atoms with Crippen molar-refractivity contribution in [2.75, 3.05) is 5.32 Å². The molecule has 166 valence electrons. The molecule has 1 aliphatic rings. The van der Waals surface area contributed by atoms with Gasteiger partial charge in [-0.3, -0.25) is 4.79 Å². The maximum absolute atomic E-state index is 13.9. The Labute approximate surface area is 185 Å². The van der Waals surface area contributed by atoms with E-state index in [1.165, 1.54) is 16.8 Å². The van der Waals surface area contributed by atoms with E-state index in [1.54, 1.807) is 50.2 Å². The largest absolute Gasteiger partial charge is 0.507 e. The Balaban J connectivity index is 1.60. The minimum atomic E-state index is -0.467. The fourth-order valence-electron chi connectivity index (χ4n) is 3.35. The highest BCUT2D eigenvalue weighted by Gasteiger charge is 2.31. The van der Waals surface area contributed by atoms with Crippen LogP contribution in [0.4, 0.5) is 14.9 Å². The van der Waals surface area contributed by atoms with Crippen LogP contribution in [-0.4, -0.2) is 26.8 Å². The first kappa shape index (κ1) is 21.5. The van der Waals surface area contributed by atoms with Crippen molar-refractivity contribution in [1.29, 1.82) is 0 Å². The standard InChI is InChI=1S/C24H25FN4O3/c1-14(2)23(31)27-17-9-10-22(30)18(11-17)20-12-21(15-7-8-15)29(28-20)24(32)26-13-16-5-3-4-6-19(16)25/h3-6,9-12,14-15,30H,7-8,13H2,1-2H3,(H,26,32)(H,27,31). The van der Waals surface area contributed by atoms with Crippen molar-refractivity contribution in [3.8, 4) is 17.0 Å². The minimum absolute atomic E-state index is 0.00805. The van der Waals surface area contributed by atoms with Crippen LogP contribution in [0.5, 0.6) is 5.75 Å². The number of phenolic OH excluding ortho intramolecular Hbond substituents is 1. The molecule has 1 saturated carbocycles. The molecule has 0 saturated heterocycles. The number of carbonyl (C=O) groups is 2. The molecule has 0 aliphatic heterocycles. The Kier molecular flexibility index (Phi) is 5.94. The molecule has 7 nitrogen and oxygen atoms in total. The highest BCUT2D eigenvalue weighted by atomic mass is 19.1. The average molecular weight is 436 g/mol. The first-order chi connectivity index (χ1) is 15.3. The number of nitrogens with zero attached hydrogens (tertiary/aromatic N) is 2. The van der Waals surface area contributed by atoms with Gasteiger partial charge in [-0.05, 0) is 43.2 Å². The number of aromatic hydroxyl groups is 1. The lowest BCUT2D eigenvalue weighted by Crippen LogP contribution is -2.30. The van der Waals surface area contributed by atoms with Crippen LogP contribution in [0.15, 0.2) is 48.5 Å². The summed E-state index contributed by atoms with van der Waals surface area (Å²) in [6, 6.07) is 12.3. The number of amides is 2. The monoisotopic (exact) mass is 436 g/mol. The zero-order valence-electron chi connectivity index (χ0n) is 17.9. The summed E-state index contributed by atoms with van der Waals surface area (Å²) in [4.78, 5) is 24.9. The third-order valence-electron chi connectivity index (χ3n) is 5.38. The third-order valence-corrected chi connectivity index (χ3v) is 5.38. The molecule has 32 heavy (non-hydrogen) atoms. The quantitative estimate of drug-likeness (QED) is 0.491. The number of anilines is 1. The number of carbonyl (C=O) groups excluding carboxylic acids is 2. The number of aromatic nitrogens is 2. The van der Waals surface area contributed by atoms with Gasteiger partial charge in [0.2, 0.25) is 5.91 Å². The Hall–Kier alpha value is -3.68. The van der Waals surface area contributed by atoms with E-state index in [2.05, 4.69) is 15.7 Å². The average Bonchev–Trinajstić information content (AvgIpc) is 3.52. The third kappa shape index (κ3) is 4.64. The van der Waals surface area contributed by atoms with Crippen LogP contribution in [0.3, 0.4) is 0 Å². The second-order valence-corrected chi connectivity index (χ2v) is 8.27. The van der Waals surface area contributed by atoms with E-state index in [0.29, 0.717) is 22.5 Å². The highest BCUT2D eigenvalue weighted by Crippen LogP contribution is 2.42. The van der Waals surface area contributed by atoms with Gasteiger partial charge in [0.15, 0.2) is 0 Å². The summed E-state index contributed by atoms with van der Waals surface area (Å²) >= 11 is 0. The molecule has 3 N–H and O–H groups in total. The van der Waals surface area contributed by atoms with Crippen molar-refractivity contribution < 1.29 is 19.1 Å². The molecular weight excluding hydrogens is 411 g/mol. The van der Waals surface area contributed by atoms with E-state index < -0.39 is 6.03 Å². The van der Waals surface area contributed by atoms with Crippen LogP contribution in [0.2, 0.25) is 0 Å². The van der Waals surface area contributed by atoms with Crippen LogP contribution < -0.4 is 10.6 Å². The normalized spacial score (nSPS) is 13.2. The summed E-state index contributed by atoms with van der Waals surface area (Å²) in [7, 11) is 0. The van der Waals surface area contributed by atoms with Crippen LogP contribution >= 0.6 is 0 Å². The van der Waals surface area contributed by atoms with E-state index in [0.717, 1.165) is 18.5 Å². The van der Waals surface area contributed by atoms with Gasteiger partial charge in [0.05, 0.1) is 11.4 Å². The Morgan fingerprint density at radius 2 is 1.94 bits per heavy atom. The van der Waals surface area contributed by atoms with Crippen molar-refractivity contribution in [2.45, 2.75) is 39.2 Å². The first-order valence-corrected chi connectivity index (χ1v) is 10.6. The SMILES string of the molecule is CC(C)C(=O)Nc1ccc(O)c(-c2cc(C3CC3)n(C(=O)NCc3ccccc3F)n2)c1. The van der Waals surface area contributed by atoms with Gasteiger partial charge in [0.1, 0.15) is 11.6 Å². The van der Waals surface area contributed by atoms with Crippen molar-refractivity contribution in [1.82, 2.24) is 15.1 Å². The summed E-state index contributed by atoms with van der Waals surface area (Å²) in [5.74, 6) is -0.515. The lowest BCUT2D eigenvalue weighted by molar-refractivity contribution is -0.118. The summed E-state index contributed by atoms with van der Waals surface area (Å²) in [5, 5.41) is 20.3. The van der Waals surface area contributed by atoms with Crippen LogP contribution in [0.25, 0.3) is 11.3 Å². The molecule has 1 aromatic heterocycles. The molecule has 0 spiro atoms. The highest BCUT2D eigenvalue weighted by molar-refractivity contribution is 5.93. The van der Waals surface area contributed by atoms with Crippen LogP contribution in [0.1, 0.15) is 43.9 Å². The number of benzene rings is 2. The molecule has 0 bridgehead atoms. The number of rotatable bonds is 6. The number of phenols is 1. The topological polar surface area (TPSA) is 96.2 Å². The number of halogens is 1. The second kappa shape index (κ2) is 8.82. The predicted octanol–water partition coefficient (Wildman–Crippen LogP) is 4.62. The van der Waals surface area contributed by atoms with Crippen molar-refractivity contribution >= 4 is 17.6 Å². The summed E-state index contributed by atoms with van der Waals surface area (Å²) in [6.07, 6.45) is 1.89. The molecule has 1 heterocycles. The van der Waals surface area contributed by atoms with E-state index in [4.69, 9.17) is 0 Å². The van der Waals surface area contributed by atoms with Gasteiger partial charge in [-0.1, -0.05) is 32.0 Å². The molecule has 3 aromatic rings. The molecular formula is C24H25FN4O3. The van der Waals surface area contributed by atoms with E-state index >= 15 is 0 Å². The lowest BCUT2D eigenvalue weighted by Gasteiger charge is -2.10. The van der Waals surface area contributed by atoms with E-state index in [-0.39, 0.29) is 35.9 Å². The summed E-state index contributed by atoms with van der Waals surface area (Å²) < 4.78 is 15.2. The Morgan fingerprint density at radius 1 is 1.19 bits per heavy atom. The maximum atomic E-state index is 13.9. The van der Waals surface area contributed by atoms with Crippen molar-refractivity contribution in [3.63, 3.8) is 0 Å². The van der Waals surface area contributed by atoms with Gasteiger partial charge in [-0.15, -0.1) is 0 Å². The van der Waals surface area contributed by atoms with Gasteiger partial charge in [0.25, 0.3) is 0 Å². The first-order valence-electron chi connectivity index (χ1n) is 10.6. The van der Waals surface area contributed by atoms with Crippen molar-refractivity contribution in [3.05, 3.63) is 65.6 Å². The molecule has 2 aromatic carbocycles.